The summed E-state index contributed by atoms with van der Waals surface area (Å²) in [6.45, 7) is 7.92. The molecule has 4 rings (SSSR count). The second-order valence-electron chi connectivity index (χ2n) is 9.64. The first-order valence-corrected chi connectivity index (χ1v) is 11.4. The number of rotatable bonds is 7. The number of hydrogen-bond acceptors (Lipinski definition) is 6. The summed E-state index contributed by atoms with van der Waals surface area (Å²) in [6.07, 6.45) is 3.73. The van der Waals surface area contributed by atoms with E-state index in [9.17, 15) is 10.1 Å². The van der Waals surface area contributed by atoms with Gasteiger partial charge in [-0.05, 0) is 38.0 Å². The molecule has 174 valence electrons. The smallest absolute Gasteiger partial charge is 0.227 e. The summed E-state index contributed by atoms with van der Waals surface area (Å²) in [5, 5.41) is 13.4. The maximum Gasteiger partial charge on any atom is 0.227 e. The second kappa shape index (κ2) is 9.46. The van der Waals surface area contributed by atoms with Crippen molar-refractivity contribution in [3.63, 3.8) is 0 Å². The molecule has 1 aliphatic heterocycles. The third kappa shape index (κ3) is 5.00. The average Bonchev–Trinajstić information content (AvgIpc) is 3.15. The van der Waals surface area contributed by atoms with Gasteiger partial charge in [-0.1, -0.05) is 13.8 Å². The van der Waals surface area contributed by atoms with E-state index in [1.54, 1.807) is 19.4 Å². The lowest BCUT2D eigenvalue weighted by Crippen LogP contribution is -2.37. The number of amides is 1. The number of pyridine rings is 1. The van der Waals surface area contributed by atoms with Crippen LogP contribution in [0.3, 0.4) is 0 Å². The number of fused-ring (bicyclic) bond motifs is 3. The van der Waals surface area contributed by atoms with Crippen molar-refractivity contribution in [1.29, 1.82) is 5.26 Å². The van der Waals surface area contributed by atoms with E-state index in [4.69, 9.17) is 14.5 Å². The monoisotopic (exact) mass is 449 g/mol. The van der Waals surface area contributed by atoms with Crippen LogP contribution in [0.15, 0.2) is 24.4 Å². The summed E-state index contributed by atoms with van der Waals surface area (Å²) >= 11 is 0. The predicted molar refractivity (Wildman–Crippen MR) is 126 cm³/mol. The molecule has 0 spiro atoms. The van der Waals surface area contributed by atoms with Gasteiger partial charge in [-0.15, -0.1) is 0 Å². The Balaban J connectivity index is 1.75. The molecular formula is C25H31N5O3. The first-order chi connectivity index (χ1) is 15.8. The van der Waals surface area contributed by atoms with Crippen molar-refractivity contribution in [2.75, 3.05) is 26.9 Å². The zero-order valence-corrected chi connectivity index (χ0v) is 19.7. The van der Waals surface area contributed by atoms with Crippen molar-refractivity contribution in [3.05, 3.63) is 35.8 Å². The molecule has 0 aliphatic carbocycles. The van der Waals surface area contributed by atoms with Gasteiger partial charge in [0.2, 0.25) is 5.91 Å². The van der Waals surface area contributed by atoms with E-state index in [1.165, 1.54) is 0 Å². The van der Waals surface area contributed by atoms with Gasteiger partial charge in [-0.3, -0.25) is 9.78 Å². The number of aromatic nitrogens is 3. The standard InChI is InChI=1S/C25H31N5O3/c1-16-9-18(7-8-33-16)30-22(11-23(31)28-14-25(2,3)15-32-4)29-21-13-27-20-6-5-17(12-26)10-19(20)24(21)30/h5-6,10,13,16,18H,7-9,11,14-15H2,1-4H3,(H,28,31)/t16-,18-/m1/s1. The highest BCUT2D eigenvalue weighted by Crippen LogP contribution is 2.34. The summed E-state index contributed by atoms with van der Waals surface area (Å²) in [5.41, 5.74) is 2.89. The Morgan fingerprint density at radius 3 is 2.94 bits per heavy atom. The van der Waals surface area contributed by atoms with Crippen LogP contribution in [0.5, 0.6) is 0 Å². The zero-order chi connectivity index (χ0) is 23.6. The summed E-state index contributed by atoms with van der Waals surface area (Å²) in [7, 11) is 1.66. The molecule has 1 fully saturated rings. The Morgan fingerprint density at radius 2 is 2.21 bits per heavy atom. The van der Waals surface area contributed by atoms with E-state index in [0.717, 1.165) is 34.8 Å². The number of imidazole rings is 1. The van der Waals surface area contributed by atoms with Crippen LogP contribution >= 0.6 is 0 Å². The molecule has 3 aromatic rings. The summed E-state index contributed by atoms with van der Waals surface area (Å²) < 4.78 is 13.2. The van der Waals surface area contributed by atoms with Crippen LogP contribution in [0.1, 0.15) is 51.0 Å². The van der Waals surface area contributed by atoms with E-state index >= 15 is 0 Å². The van der Waals surface area contributed by atoms with E-state index in [2.05, 4.69) is 41.7 Å². The molecule has 2 aromatic heterocycles. The predicted octanol–water partition coefficient (Wildman–Crippen LogP) is 3.53. The molecule has 1 aromatic carbocycles. The highest BCUT2D eigenvalue weighted by molar-refractivity contribution is 6.03. The van der Waals surface area contributed by atoms with Gasteiger partial charge in [-0.25, -0.2) is 4.98 Å². The number of ether oxygens (including phenoxy) is 2. The van der Waals surface area contributed by atoms with Crippen LogP contribution in [0.2, 0.25) is 0 Å². The number of nitrogens with one attached hydrogen (secondary N) is 1. The Kier molecular flexibility index (Phi) is 6.63. The first-order valence-electron chi connectivity index (χ1n) is 11.4. The van der Waals surface area contributed by atoms with Gasteiger partial charge in [0.05, 0.1) is 48.0 Å². The van der Waals surface area contributed by atoms with Crippen molar-refractivity contribution >= 4 is 27.8 Å². The third-order valence-corrected chi connectivity index (χ3v) is 6.16. The molecule has 1 saturated heterocycles. The lowest BCUT2D eigenvalue weighted by atomic mass is 9.95. The van der Waals surface area contributed by atoms with Gasteiger partial charge in [-0.2, -0.15) is 5.26 Å². The fourth-order valence-corrected chi connectivity index (χ4v) is 4.61. The quantitative estimate of drug-likeness (QED) is 0.592. The summed E-state index contributed by atoms with van der Waals surface area (Å²) in [5.74, 6) is 0.633. The third-order valence-electron chi connectivity index (χ3n) is 6.16. The number of carbonyl (C=O) groups is 1. The molecule has 0 radical (unpaired) electrons. The maximum absolute atomic E-state index is 12.9. The minimum absolute atomic E-state index is 0.0779. The van der Waals surface area contributed by atoms with Gasteiger partial charge in [0.15, 0.2) is 0 Å². The van der Waals surface area contributed by atoms with Crippen LogP contribution < -0.4 is 5.32 Å². The number of methoxy groups -OCH3 is 1. The van der Waals surface area contributed by atoms with Crippen molar-refractivity contribution in [2.45, 2.75) is 52.2 Å². The normalized spacial score (nSPS) is 19.0. The van der Waals surface area contributed by atoms with E-state index in [1.807, 2.05) is 12.1 Å². The fourth-order valence-electron chi connectivity index (χ4n) is 4.61. The lowest BCUT2D eigenvalue weighted by Gasteiger charge is -2.30. The Labute approximate surface area is 193 Å². The van der Waals surface area contributed by atoms with Crippen LogP contribution in [0.4, 0.5) is 0 Å². The summed E-state index contributed by atoms with van der Waals surface area (Å²) in [4.78, 5) is 22.3. The Bertz CT molecular complexity index is 1210. The molecular weight excluding hydrogens is 418 g/mol. The Morgan fingerprint density at radius 1 is 1.39 bits per heavy atom. The number of nitriles is 1. The molecule has 2 atom stereocenters. The molecule has 1 aliphatic rings. The highest BCUT2D eigenvalue weighted by Gasteiger charge is 2.27. The molecule has 0 unspecified atom stereocenters. The van der Waals surface area contributed by atoms with Crippen molar-refractivity contribution in [2.24, 2.45) is 5.41 Å². The van der Waals surface area contributed by atoms with Crippen molar-refractivity contribution in [3.8, 4) is 6.07 Å². The molecule has 1 N–H and O–H groups in total. The second-order valence-corrected chi connectivity index (χ2v) is 9.64. The Hall–Kier alpha value is -3.02. The van der Waals surface area contributed by atoms with Crippen LogP contribution in [0, 0.1) is 16.7 Å². The van der Waals surface area contributed by atoms with Crippen LogP contribution in [0.25, 0.3) is 21.9 Å². The van der Waals surface area contributed by atoms with Gasteiger partial charge in [0.1, 0.15) is 11.3 Å². The topological polar surface area (TPSA) is 102 Å². The number of nitrogens with zero attached hydrogens (tertiary/aromatic N) is 4. The first kappa shape index (κ1) is 23.1. The van der Waals surface area contributed by atoms with Gasteiger partial charge >= 0.3 is 0 Å². The molecule has 8 nitrogen and oxygen atoms in total. The molecule has 3 heterocycles. The zero-order valence-electron chi connectivity index (χ0n) is 19.7. The molecule has 0 saturated carbocycles. The molecule has 8 heteroatoms. The lowest BCUT2D eigenvalue weighted by molar-refractivity contribution is -0.121. The molecule has 1 amide bonds. The maximum atomic E-state index is 12.9. The average molecular weight is 450 g/mol. The van der Waals surface area contributed by atoms with E-state index in [0.29, 0.717) is 31.1 Å². The van der Waals surface area contributed by atoms with E-state index < -0.39 is 0 Å². The SMILES string of the molecule is COCC(C)(C)CNC(=O)Cc1nc2cnc3ccc(C#N)cc3c2n1[C@@H]1CCO[C@H](C)C1. The van der Waals surface area contributed by atoms with Crippen molar-refractivity contribution < 1.29 is 14.3 Å². The van der Waals surface area contributed by atoms with Crippen molar-refractivity contribution in [1.82, 2.24) is 19.9 Å². The fraction of sp³-hybridized carbons (Fsp3) is 0.520. The highest BCUT2D eigenvalue weighted by atomic mass is 16.5. The molecule has 0 bridgehead atoms. The van der Waals surface area contributed by atoms with Gasteiger partial charge < -0.3 is 19.4 Å². The number of benzene rings is 1. The minimum Gasteiger partial charge on any atom is -0.384 e. The van der Waals surface area contributed by atoms with Gasteiger partial charge in [0, 0.05) is 37.1 Å². The van der Waals surface area contributed by atoms with Crippen LogP contribution in [-0.4, -0.2) is 53.4 Å². The number of carbonyl (C=O) groups excluding carboxylic acids is 1. The largest absolute Gasteiger partial charge is 0.384 e. The number of hydrogen-bond donors (Lipinski definition) is 1. The van der Waals surface area contributed by atoms with Gasteiger partial charge in [0.25, 0.3) is 0 Å². The van der Waals surface area contributed by atoms with E-state index in [-0.39, 0.29) is 29.9 Å². The molecule has 33 heavy (non-hydrogen) atoms. The minimum atomic E-state index is -0.158. The summed E-state index contributed by atoms with van der Waals surface area (Å²) in [6, 6.07) is 7.87. The van der Waals surface area contributed by atoms with Crippen LogP contribution in [-0.2, 0) is 20.7 Å².